The van der Waals surface area contributed by atoms with Crippen LogP contribution in [0, 0.1) is 10.1 Å². The summed E-state index contributed by atoms with van der Waals surface area (Å²) in [5, 5.41) is 36.9. The summed E-state index contributed by atoms with van der Waals surface area (Å²) in [6, 6.07) is 11.9. The molecule has 1 radical (unpaired) electrons. The molecule has 2 rings (SSSR count). The minimum Gasteiger partial charge on any atom is -0.392 e. The van der Waals surface area contributed by atoms with Crippen molar-refractivity contribution in [2.45, 2.75) is 78.5 Å². The summed E-state index contributed by atoms with van der Waals surface area (Å²) in [7, 11) is 0. The second kappa shape index (κ2) is 34.6. The molecule has 0 bridgehead atoms. The van der Waals surface area contributed by atoms with E-state index in [0.717, 1.165) is 35.4 Å². The predicted molar refractivity (Wildman–Crippen MR) is 198 cm³/mol. The van der Waals surface area contributed by atoms with Gasteiger partial charge in [0.2, 0.25) is 37.0 Å². The molecule has 0 aliphatic heterocycles. The molecule has 0 saturated carbocycles. The number of aliphatic hydroxyl groups is 1. The summed E-state index contributed by atoms with van der Waals surface area (Å²) < 4.78 is 0. The fraction of sp³-hybridized carbons (Fsp3) is 0.400. The van der Waals surface area contributed by atoms with E-state index in [2.05, 4.69) is 26.2 Å². The molecule has 20 heteroatoms. The Morgan fingerprint density at radius 3 is 2.00 bits per heavy atom. The number of nitrogens with two attached hydrogens (primary N) is 1. The normalized spacial score (nSPS) is 10.1. The van der Waals surface area contributed by atoms with E-state index in [0.29, 0.717) is 32.2 Å². The van der Waals surface area contributed by atoms with E-state index in [4.69, 9.17) is 16.1 Å². The van der Waals surface area contributed by atoms with Gasteiger partial charge in [0, 0.05) is 82.0 Å². The van der Waals surface area contributed by atoms with Crippen molar-refractivity contribution in [1.82, 2.24) is 20.9 Å². The molecule has 301 valence electrons. The van der Waals surface area contributed by atoms with E-state index >= 15 is 0 Å². The first-order valence-corrected chi connectivity index (χ1v) is 16.6. The Bertz CT molecular complexity index is 1460. The number of hydrogen-bond donors (Lipinski definition) is 7. The van der Waals surface area contributed by atoms with E-state index in [1.165, 1.54) is 30.3 Å². The maximum absolute atomic E-state index is 11.4. The SMILES string of the molecule is C/C=C\C(=O)N(C=O)CCCCCC(=O)NC(C)C.C[C@H](CC(N)=O)NC(=O)CNC=O.O=CNc1ccc(CO)cc1.O=[N+]([O-])c1ccc(OO)cc1.[Y]. The summed E-state index contributed by atoms with van der Waals surface area (Å²) in [4.78, 5) is 89.1. The zero-order valence-electron chi connectivity index (χ0n) is 31.3. The average molecular weight is 851 g/mol. The molecule has 0 fully saturated rings. The van der Waals surface area contributed by atoms with Gasteiger partial charge >= 0.3 is 0 Å². The van der Waals surface area contributed by atoms with Gasteiger partial charge in [-0.15, -0.1) is 0 Å². The van der Waals surface area contributed by atoms with E-state index in [-0.39, 0.29) is 93.5 Å². The van der Waals surface area contributed by atoms with Crippen molar-refractivity contribution >= 4 is 54.2 Å². The van der Waals surface area contributed by atoms with Crippen molar-refractivity contribution < 1.29 is 86.4 Å². The number of imide groups is 1. The fourth-order valence-corrected chi connectivity index (χ4v) is 3.81. The topological polar surface area (TPSA) is 290 Å². The molecule has 8 N–H and O–H groups in total. The number of nitrogens with one attached hydrogen (secondary N) is 4. The van der Waals surface area contributed by atoms with Gasteiger partial charge in [-0.1, -0.05) is 24.6 Å². The maximum atomic E-state index is 11.4. The average Bonchev–Trinajstić information content (AvgIpc) is 3.13. The standard InChI is InChI=1S/C14H24N2O3.C8H9NO2.C7H13N3O3.C6H5NO4.Y/c1-4-8-14(19)16(11-17)10-7-5-6-9-13(18)15-12(2)3;10-5-7-1-3-8(4-2-7)9-6-11;1-5(2-6(8)12)10-7(13)3-9-4-11;8-7(9)5-1-3-6(11-10)4-2-5;/h4,8,11-12H,5-7,9-10H2,1-3H3,(H,15,18);1-4,6,10H,5H2,(H,9,11);4-5H,2-3H2,1H3,(H2,8,12)(H,9,11)(H,10,13);1-4,10H;/b8-4-;;;;/t;;5-;;/m..1../s1. The quantitative estimate of drug-likeness (QED) is 0.0251. The molecular formula is C35H51N7O12Y. The van der Waals surface area contributed by atoms with Crippen molar-refractivity contribution in [2.24, 2.45) is 5.73 Å². The zero-order valence-corrected chi connectivity index (χ0v) is 34.2. The Hall–Kier alpha value is -5.11. The van der Waals surface area contributed by atoms with Crippen LogP contribution in [-0.4, -0.2) is 88.2 Å². The molecule has 55 heavy (non-hydrogen) atoms. The van der Waals surface area contributed by atoms with Crippen LogP contribution in [0.5, 0.6) is 5.75 Å². The van der Waals surface area contributed by atoms with Gasteiger partial charge in [-0.3, -0.25) is 48.6 Å². The monoisotopic (exact) mass is 850 g/mol. The molecule has 0 heterocycles. The van der Waals surface area contributed by atoms with Crippen molar-refractivity contribution in [3.63, 3.8) is 0 Å². The van der Waals surface area contributed by atoms with Gasteiger partial charge in [-0.05, 0) is 76.4 Å². The van der Waals surface area contributed by atoms with E-state index in [1.807, 2.05) is 13.8 Å². The van der Waals surface area contributed by atoms with Crippen LogP contribution in [0.15, 0.2) is 60.7 Å². The molecular weight excluding hydrogens is 799 g/mol. The molecule has 7 amide bonds. The van der Waals surface area contributed by atoms with Crippen LogP contribution in [0.2, 0.25) is 0 Å². The van der Waals surface area contributed by atoms with Crippen LogP contribution in [-0.2, 0) is 72.9 Å². The third-order valence-corrected chi connectivity index (χ3v) is 6.25. The van der Waals surface area contributed by atoms with Crippen molar-refractivity contribution in [3.05, 3.63) is 76.4 Å². The van der Waals surface area contributed by atoms with Crippen molar-refractivity contribution in [1.29, 1.82) is 0 Å². The van der Waals surface area contributed by atoms with E-state index in [1.54, 1.807) is 44.2 Å². The first kappa shape index (κ1) is 54.2. The molecule has 2 aromatic carbocycles. The second-order valence-corrected chi connectivity index (χ2v) is 11.3. The van der Waals surface area contributed by atoms with Gasteiger partial charge in [0.25, 0.3) is 11.6 Å². The molecule has 1 atom stereocenters. The summed E-state index contributed by atoms with van der Waals surface area (Å²) in [5.41, 5.74) is 6.44. The number of carbonyl (C=O) groups is 7. The second-order valence-electron chi connectivity index (χ2n) is 11.3. The number of rotatable bonds is 20. The van der Waals surface area contributed by atoms with Crippen molar-refractivity contribution in [3.8, 4) is 5.75 Å². The number of hydrogen-bond acceptors (Lipinski definition) is 12. The summed E-state index contributed by atoms with van der Waals surface area (Å²) in [6.45, 7) is 7.57. The van der Waals surface area contributed by atoms with E-state index in [9.17, 15) is 43.7 Å². The molecule has 0 aliphatic carbocycles. The predicted octanol–water partition coefficient (Wildman–Crippen LogP) is 1.94. The number of allylic oxidation sites excluding steroid dienone is 1. The largest absolute Gasteiger partial charge is 0.392 e. The van der Waals surface area contributed by atoms with Gasteiger partial charge < -0.3 is 37.0 Å². The summed E-state index contributed by atoms with van der Waals surface area (Å²) >= 11 is 0. The summed E-state index contributed by atoms with van der Waals surface area (Å²) in [6.07, 6.45) is 7.45. The van der Waals surface area contributed by atoms with Gasteiger partial charge in [-0.2, -0.15) is 0 Å². The maximum Gasteiger partial charge on any atom is 0.269 e. The number of amides is 7. The van der Waals surface area contributed by atoms with Crippen LogP contribution in [0.1, 0.15) is 65.4 Å². The Morgan fingerprint density at radius 2 is 1.55 bits per heavy atom. The number of benzene rings is 2. The Kier molecular flexibility index (Phi) is 34.2. The molecule has 0 unspecified atom stereocenters. The van der Waals surface area contributed by atoms with Gasteiger partial charge in [0.1, 0.15) is 0 Å². The first-order chi connectivity index (χ1) is 25.7. The van der Waals surface area contributed by atoms with Gasteiger partial charge in [-0.25, -0.2) is 5.26 Å². The van der Waals surface area contributed by atoms with Crippen LogP contribution in [0.3, 0.4) is 0 Å². The zero-order chi connectivity index (χ0) is 41.3. The fourth-order valence-electron chi connectivity index (χ4n) is 3.81. The molecule has 19 nitrogen and oxygen atoms in total. The third-order valence-electron chi connectivity index (χ3n) is 6.25. The third kappa shape index (κ3) is 31.0. The Labute approximate surface area is 344 Å². The molecule has 0 saturated heterocycles. The number of nitro groups is 1. The Balaban J connectivity index is -0.000000669. The minimum atomic E-state index is -0.527. The van der Waals surface area contributed by atoms with Crippen LogP contribution in [0.25, 0.3) is 0 Å². The van der Waals surface area contributed by atoms with Crippen LogP contribution < -0.4 is 31.9 Å². The number of aliphatic hydroxyl groups excluding tert-OH is 1. The molecule has 2 aromatic rings. The van der Waals surface area contributed by atoms with Crippen molar-refractivity contribution in [2.75, 3.05) is 18.4 Å². The number of unbranched alkanes of at least 4 members (excludes halogenated alkanes) is 2. The number of non-ortho nitro benzene ring substituents is 1. The van der Waals surface area contributed by atoms with E-state index < -0.39 is 10.8 Å². The molecule has 0 aromatic heterocycles. The molecule has 0 spiro atoms. The minimum absolute atomic E-state index is 0. The number of carbonyl (C=O) groups excluding carboxylic acids is 7. The first-order valence-electron chi connectivity index (χ1n) is 16.6. The van der Waals surface area contributed by atoms with Crippen LogP contribution in [0.4, 0.5) is 11.4 Å². The summed E-state index contributed by atoms with van der Waals surface area (Å²) in [5.74, 6) is -0.894. The number of nitrogens with zero attached hydrogens (tertiary/aromatic N) is 2. The number of nitro benzene ring substituents is 1. The van der Waals surface area contributed by atoms with Gasteiger partial charge in [0.05, 0.1) is 18.1 Å². The smallest absolute Gasteiger partial charge is 0.269 e. The number of anilines is 1. The van der Waals surface area contributed by atoms with Gasteiger partial charge in [0.15, 0.2) is 5.75 Å². The van der Waals surface area contributed by atoms with Crippen LogP contribution >= 0.6 is 0 Å². The Morgan fingerprint density at radius 1 is 0.927 bits per heavy atom. The molecule has 0 aliphatic rings. The number of primary amides is 1.